The second-order valence-electron chi connectivity index (χ2n) is 6.18. The Morgan fingerprint density at radius 1 is 1.12 bits per heavy atom. The number of hydrogen-bond acceptors (Lipinski definition) is 3. The van der Waals surface area contributed by atoms with Crippen LogP contribution >= 0.6 is 11.6 Å². The number of piperidine rings is 1. The van der Waals surface area contributed by atoms with Gasteiger partial charge >= 0.3 is 6.36 Å². The van der Waals surface area contributed by atoms with E-state index in [0.29, 0.717) is 11.6 Å². The van der Waals surface area contributed by atoms with Gasteiger partial charge < -0.3 is 4.90 Å². The molecule has 3 rings (SSSR count). The maximum atomic E-state index is 12.2. The first-order chi connectivity index (χ1) is 12.3. The van der Waals surface area contributed by atoms with E-state index in [4.69, 9.17) is 11.6 Å². The van der Waals surface area contributed by atoms with Gasteiger partial charge in [-0.05, 0) is 30.4 Å². The number of nitrogens with zero attached hydrogens (tertiary/aromatic N) is 2. The van der Waals surface area contributed by atoms with Gasteiger partial charge in [0.25, 0.3) is 5.56 Å². The van der Waals surface area contributed by atoms with E-state index in [9.17, 15) is 18.0 Å². The van der Waals surface area contributed by atoms with Crippen molar-refractivity contribution in [3.05, 3.63) is 63.5 Å². The first-order valence-electron chi connectivity index (χ1n) is 8.24. The van der Waals surface area contributed by atoms with Crippen molar-refractivity contribution in [2.45, 2.75) is 31.9 Å². The predicted molar refractivity (Wildman–Crippen MR) is 93.5 cm³/mol. The van der Waals surface area contributed by atoms with E-state index < -0.39 is 18.7 Å². The minimum atomic E-state index is -4.80. The number of benzene rings is 1. The number of anilines is 1. The summed E-state index contributed by atoms with van der Waals surface area (Å²) in [6.45, 7) is 0.530. The Bertz CT molecular complexity index is 800. The van der Waals surface area contributed by atoms with Gasteiger partial charge in [0.2, 0.25) is 0 Å². The molecule has 2 aromatic rings. The van der Waals surface area contributed by atoms with Gasteiger partial charge in [-0.25, -0.2) is 0 Å². The molecule has 1 fully saturated rings. The summed E-state index contributed by atoms with van der Waals surface area (Å²) in [6.07, 6.45) is -1.69. The number of aromatic nitrogens is 1. The zero-order chi connectivity index (χ0) is 18.7. The Kier molecular flexibility index (Phi) is 5.58. The highest BCUT2D eigenvalue weighted by atomic mass is 35.5. The van der Waals surface area contributed by atoms with Crippen LogP contribution in [0, 0.1) is 0 Å². The van der Waals surface area contributed by atoms with Crippen LogP contribution in [-0.2, 0) is 11.5 Å². The molecule has 1 aromatic carbocycles. The average molecular weight is 387 g/mol. The van der Waals surface area contributed by atoms with Crippen LogP contribution < -0.4 is 10.5 Å². The summed E-state index contributed by atoms with van der Waals surface area (Å²) in [5.74, 6) is 0.451. The molecular formula is C18H18ClF3N2O2. The molecule has 0 atom stereocenters. The van der Waals surface area contributed by atoms with Crippen molar-refractivity contribution in [3.63, 3.8) is 0 Å². The molecule has 0 aliphatic carbocycles. The molecule has 4 nitrogen and oxygen atoms in total. The van der Waals surface area contributed by atoms with Crippen LogP contribution in [0.5, 0.6) is 0 Å². The van der Waals surface area contributed by atoms with Gasteiger partial charge in [-0.15, -0.1) is 13.2 Å². The van der Waals surface area contributed by atoms with Crippen molar-refractivity contribution in [3.8, 4) is 0 Å². The number of rotatable bonds is 4. The lowest BCUT2D eigenvalue weighted by atomic mass is 9.89. The van der Waals surface area contributed by atoms with E-state index >= 15 is 0 Å². The summed E-state index contributed by atoms with van der Waals surface area (Å²) in [5.41, 5.74) is 1.14. The molecule has 1 aliphatic heterocycles. The fourth-order valence-corrected chi connectivity index (χ4v) is 3.50. The van der Waals surface area contributed by atoms with Crippen molar-refractivity contribution in [2.24, 2.45) is 0 Å². The maximum Gasteiger partial charge on any atom is 0.524 e. The summed E-state index contributed by atoms with van der Waals surface area (Å²) in [5, 5.41) is -0.0866. The van der Waals surface area contributed by atoms with Crippen LogP contribution in [0.25, 0.3) is 0 Å². The standard InChI is InChI=1S/C18H18ClF3N2O2/c19-16-15(8-11-24(17(16)25)12-26-18(20,21)22)23-9-6-14(7-10-23)13-4-2-1-3-5-13/h1-5,8,11,14H,6-7,9-10,12H2. The fourth-order valence-electron chi connectivity index (χ4n) is 3.20. The van der Waals surface area contributed by atoms with Crippen LogP contribution in [0.1, 0.15) is 24.3 Å². The van der Waals surface area contributed by atoms with Crippen molar-refractivity contribution in [1.29, 1.82) is 0 Å². The summed E-state index contributed by atoms with van der Waals surface area (Å²) in [6, 6.07) is 11.8. The smallest absolute Gasteiger partial charge is 0.370 e. The lowest BCUT2D eigenvalue weighted by Gasteiger charge is -2.34. The van der Waals surface area contributed by atoms with Crippen LogP contribution in [0.2, 0.25) is 5.02 Å². The first-order valence-corrected chi connectivity index (χ1v) is 8.62. The van der Waals surface area contributed by atoms with E-state index in [-0.39, 0.29) is 5.02 Å². The normalized spacial score (nSPS) is 16.1. The largest absolute Gasteiger partial charge is 0.524 e. The van der Waals surface area contributed by atoms with E-state index in [1.807, 2.05) is 23.1 Å². The van der Waals surface area contributed by atoms with Gasteiger partial charge in [0.05, 0.1) is 5.69 Å². The molecule has 0 amide bonds. The number of pyridine rings is 1. The summed E-state index contributed by atoms with van der Waals surface area (Å²) in [7, 11) is 0. The Morgan fingerprint density at radius 2 is 1.77 bits per heavy atom. The quantitative estimate of drug-likeness (QED) is 0.782. The second-order valence-corrected chi connectivity index (χ2v) is 6.56. The molecule has 0 unspecified atom stereocenters. The van der Waals surface area contributed by atoms with E-state index in [1.54, 1.807) is 6.07 Å². The molecule has 2 heterocycles. The number of alkyl halides is 3. The SMILES string of the molecule is O=c1c(Cl)c(N2CCC(c3ccccc3)CC2)ccn1COC(F)(F)F. The lowest BCUT2D eigenvalue weighted by molar-refractivity contribution is -0.338. The van der Waals surface area contributed by atoms with Crippen LogP contribution in [0.4, 0.5) is 18.9 Å². The van der Waals surface area contributed by atoms with Crippen LogP contribution in [-0.4, -0.2) is 24.0 Å². The zero-order valence-electron chi connectivity index (χ0n) is 13.9. The molecule has 0 bridgehead atoms. The molecule has 140 valence electrons. The number of ether oxygens (including phenoxy) is 1. The highest BCUT2D eigenvalue weighted by Gasteiger charge is 2.29. The Balaban J connectivity index is 1.69. The van der Waals surface area contributed by atoms with Crippen molar-refractivity contribution in [2.75, 3.05) is 18.0 Å². The van der Waals surface area contributed by atoms with E-state index in [1.165, 1.54) is 11.8 Å². The van der Waals surface area contributed by atoms with Gasteiger partial charge in [-0.3, -0.25) is 14.1 Å². The first kappa shape index (κ1) is 18.8. The van der Waals surface area contributed by atoms with Gasteiger partial charge in [0, 0.05) is 19.3 Å². The predicted octanol–water partition coefficient (Wildman–Crippen LogP) is 4.38. The summed E-state index contributed by atoms with van der Waals surface area (Å²) in [4.78, 5) is 14.2. The zero-order valence-corrected chi connectivity index (χ0v) is 14.6. The minimum Gasteiger partial charge on any atom is -0.370 e. The molecule has 0 N–H and O–H groups in total. The highest BCUT2D eigenvalue weighted by Crippen LogP contribution is 2.32. The molecule has 0 radical (unpaired) electrons. The third-order valence-electron chi connectivity index (χ3n) is 4.56. The Hall–Kier alpha value is -1.99. The fraction of sp³-hybridized carbons (Fsp3) is 0.389. The number of hydrogen-bond donors (Lipinski definition) is 0. The Labute approximate surface area is 153 Å². The summed E-state index contributed by atoms with van der Waals surface area (Å²) < 4.78 is 40.9. The molecule has 0 saturated carbocycles. The summed E-state index contributed by atoms with van der Waals surface area (Å²) >= 11 is 6.12. The van der Waals surface area contributed by atoms with Crippen molar-refractivity contribution < 1.29 is 17.9 Å². The van der Waals surface area contributed by atoms with Gasteiger partial charge in [-0.1, -0.05) is 41.9 Å². The third kappa shape index (κ3) is 4.40. The van der Waals surface area contributed by atoms with Crippen molar-refractivity contribution in [1.82, 2.24) is 4.57 Å². The highest BCUT2D eigenvalue weighted by molar-refractivity contribution is 6.33. The topological polar surface area (TPSA) is 34.5 Å². The second kappa shape index (κ2) is 7.72. The molecule has 0 spiro atoms. The van der Waals surface area contributed by atoms with Crippen LogP contribution in [0.15, 0.2) is 47.4 Å². The maximum absolute atomic E-state index is 12.2. The van der Waals surface area contributed by atoms with Gasteiger partial charge in [0.1, 0.15) is 11.8 Å². The van der Waals surface area contributed by atoms with Crippen molar-refractivity contribution >= 4 is 17.3 Å². The molecular weight excluding hydrogens is 369 g/mol. The molecule has 26 heavy (non-hydrogen) atoms. The molecule has 1 aliphatic rings. The van der Waals surface area contributed by atoms with E-state index in [2.05, 4.69) is 16.9 Å². The number of halogens is 4. The molecule has 1 saturated heterocycles. The van der Waals surface area contributed by atoms with Gasteiger partial charge in [-0.2, -0.15) is 0 Å². The minimum absolute atomic E-state index is 0.0866. The van der Waals surface area contributed by atoms with E-state index in [0.717, 1.165) is 30.5 Å². The monoisotopic (exact) mass is 386 g/mol. The van der Waals surface area contributed by atoms with Crippen LogP contribution in [0.3, 0.4) is 0 Å². The third-order valence-corrected chi connectivity index (χ3v) is 4.92. The average Bonchev–Trinajstić information content (AvgIpc) is 2.63. The molecule has 8 heteroatoms. The molecule has 1 aromatic heterocycles. The lowest BCUT2D eigenvalue weighted by Crippen LogP contribution is -2.35. The Morgan fingerprint density at radius 3 is 2.38 bits per heavy atom. The van der Waals surface area contributed by atoms with Gasteiger partial charge in [0.15, 0.2) is 0 Å².